The van der Waals surface area contributed by atoms with E-state index in [-0.39, 0.29) is 47.5 Å². The topological polar surface area (TPSA) is 114 Å². The molecule has 0 fully saturated rings. The van der Waals surface area contributed by atoms with Crippen molar-refractivity contribution in [3.8, 4) is 0 Å². The fourth-order valence-electron chi connectivity index (χ4n) is 6.34. The normalized spacial score (nSPS) is 11.7. The van der Waals surface area contributed by atoms with Crippen molar-refractivity contribution in [3.05, 3.63) is 82.9 Å². The van der Waals surface area contributed by atoms with E-state index in [1.54, 1.807) is 12.1 Å². The van der Waals surface area contributed by atoms with Crippen LogP contribution in [0.2, 0.25) is 0 Å². The Labute approximate surface area is 326 Å². The Morgan fingerprint density at radius 3 is 0.918 bits per heavy atom. The molecule has 0 radical (unpaired) electrons. The fraction of sp³-hybridized carbons (Fsp3) is 0.500. The summed E-state index contributed by atoms with van der Waals surface area (Å²) in [4.78, 5) is -0.255. The van der Waals surface area contributed by atoms with E-state index in [1.165, 1.54) is 48.9 Å². The number of rotatable bonds is 18. The average molecular weight is 735 g/mol. The average Bonchev–Trinajstić information content (AvgIpc) is 3.05. The quantitative estimate of drug-likeness (QED) is 0.0571. The van der Waals surface area contributed by atoms with Crippen molar-refractivity contribution in [2.45, 2.75) is 140 Å². The third-order valence-electron chi connectivity index (χ3n) is 9.11. The second-order valence-electron chi connectivity index (χ2n) is 12.9. The van der Waals surface area contributed by atoms with Gasteiger partial charge in [-0.3, -0.25) is 0 Å². The summed E-state index contributed by atoms with van der Waals surface area (Å²) in [6.07, 6.45) is 17.5. The van der Waals surface area contributed by atoms with Crippen LogP contribution in [0, 0.1) is 0 Å². The molecule has 9 heteroatoms. The zero-order valence-electron chi connectivity index (χ0n) is 30.1. The second-order valence-corrected chi connectivity index (χ2v) is 15.7. The molecule has 4 aromatic carbocycles. The first kappa shape index (κ1) is 43.6. The zero-order valence-corrected chi connectivity index (χ0v) is 33.9. The minimum atomic E-state index is -4.42. The first-order valence-electron chi connectivity index (χ1n) is 17.9. The summed E-state index contributed by atoms with van der Waals surface area (Å²) in [5.74, 6) is 0. The van der Waals surface area contributed by atoms with E-state index >= 15 is 0 Å². The molecule has 0 amide bonds. The van der Waals surface area contributed by atoms with Gasteiger partial charge >= 0.3 is 37.7 Å². The zero-order chi connectivity index (χ0) is 35.2. The summed E-state index contributed by atoms with van der Waals surface area (Å²) in [7, 11) is -8.84. The third-order valence-corrected chi connectivity index (χ3v) is 10.8. The Balaban J connectivity index is 0.000000333. The summed E-state index contributed by atoms with van der Waals surface area (Å²) >= 11 is 0. The molecule has 49 heavy (non-hydrogen) atoms. The summed E-state index contributed by atoms with van der Waals surface area (Å²) in [6, 6.07) is 18.2. The molecule has 0 aliphatic heterocycles. The molecular weight excluding hydrogens is 681 g/mol. The molecule has 0 spiro atoms. The number of fused-ring (bicyclic) bond motifs is 2. The molecule has 6 nitrogen and oxygen atoms in total. The van der Waals surface area contributed by atoms with Crippen LogP contribution in [-0.2, 0) is 45.9 Å². The van der Waals surface area contributed by atoms with E-state index < -0.39 is 20.2 Å². The van der Waals surface area contributed by atoms with Gasteiger partial charge in [-0.2, -0.15) is 0 Å². The molecule has 0 N–H and O–H groups in total. The van der Waals surface area contributed by atoms with E-state index in [2.05, 4.69) is 52.0 Å². The molecule has 0 bridgehead atoms. The first-order chi connectivity index (χ1) is 22.9. The van der Waals surface area contributed by atoms with Crippen molar-refractivity contribution in [2.75, 3.05) is 0 Å². The molecular formula is C40H54CaO6S2. The summed E-state index contributed by atoms with van der Waals surface area (Å²) in [5, 5.41) is 4.04. The minimum absolute atomic E-state index is 0. The van der Waals surface area contributed by atoms with Crippen molar-refractivity contribution in [1.82, 2.24) is 0 Å². The van der Waals surface area contributed by atoms with Gasteiger partial charge in [-0.1, -0.05) is 115 Å². The van der Waals surface area contributed by atoms with E-state index in [0.29, 0.717) is 0 Å². The third kappa shape index (κ3) is 13.5. The number of hydrogen-bond donors (Lipinski definition) is 0. The number of unbranched alkanes of at least 4 members (excludes halogenated alkanes) is 8. The van der Waals surface area contributed by atoms with Gasteiger partial charge in [0.15, 0.2) is 0 Å². The van der Waals surface area contributed by atoms with Gasteiger partial charge in [0.25, 0.3) is 0 Å². The fourth-order valence-corrected chi connectivity index (χ4v) is 7.34. The summed E-state index contributed by atoms with van der Waals surface area (Å²) in [5.41, 5.74) is 4.77. The molecule has 4 rings (SSSR count). The Morgan fingerprint density at radius 1 is 0.408 bits per heavy atom. The SMILES string of the molecule is CCCCCc1ccc(CCCCC)c2cc(S(=O)(=O)[O-])ccc12.CCCCCc1ccc(CCCCC)c2cc(S(=O)(=O)[O-])ccc12.[Ca+2]. The Hall–Kier alpha value is -1.52. The van der Waals surface area contributed by atoms with Crippen LogP contribution in [-0.4, -0.2) is 63.7 Å². The van der Waals surface area contributed by atoms with Gasteiger partial charge in [-0.05, 0) is 119 Å². The van der Waals surface area contributed by atoms with Crippen molar-refractivity contribution in [2.24, 2.45) is 0 Å². The van der Waals surface area contributed by atoms with Crippen LogP contribution >= 0.6 is 0 Å². The molecule has 0 aliphatic rings. The smallest absolute Gasteiger partial charge is 0.744 e. The summed E-state index contributed by atoms with van der Waals surface area (Å²) in [6.45, 7) is 8.69. The summed E-state index contributed by atoms with van der Waals surface area (Å²) < 4.78 is 68.3. The van der Waals surface area contributed by atoms with E-state index in [4.69, 9.17) is 0 Å². The molecule has 0 aromatic heterocycles. The van der Waals surface area contributed by atoms with Crippen molar-refractivity contribution >= 4 is 79.5 Å². The monoisotopic (exact) mass is 734 g/mol. The van der Waals surface area contributed by atoms with Crippen LogP contribution in [0.25, 0.3) is 21.5 Å². The Bertz CT molecular complexity index is 1700. The minimum Gasteiger partial charge on any atom is -0.744 e. The van der Waals surface area contributed by atoms with Crippen LogP contribution in [0.3, 0.4) is 0 Å². The second kappa shape index (κ2) is 21.8. The van der Waals surface area contributed by atoms with E-state index in [0.717, 1.165) is 110 Å². The maximum absolute atomic E-state index is 11.4. The van der Waals surface area contributed by atoms with Crippen molar-refractivity contribution in [3.63, 3.8) is 0 Å². The molecule has 0 aliphatic carbocycles. The molecule has 0 saturated heterocycles. The standard InChI is InChI=1S/2C20H28O3S.Ca/c2*1-3-5-7-9-16-11-12-17(10-8-6-4-2)20-15-18(24(21,22)23)13-14-19(16)20;/h2*11-15H,3-10H2,1-2H3,(H,21,22,23);/q;;+2/p-2. The molecule has 264 valence electrons. The number of aryl methyl sites for hydroxylation is 4. The van der Waals surface area contributed by atoms with Gasteiger partial charge in [0, 0.05) is 0 Å². The van der Waals surface area contributed by atoms with Crippen LogP contribution < -0.4 is 0 Å². The predicted molar refractivity (Wildman–Crippen MR) is 202 cm³/mol. The maximum Gasteiger partial charge on any atom is 2.00 e. The molecule has 4 aromatic rings. The first-order valence-corrected chi connectivity index (χ1v) is 20.8. The molecule has 0 unspecified atom stereocenters. The van der Waals surface area contributed by atoms with Crippen LogP contribution in [0.5, 0.6) is 0 Å². The largest absolute Gasteiger partial charge is 2.00 e. The van der Waals surface area contributed by atoms with Crippen LogP contribution in [0.15, 0.2) is 70.5 Å². The molecule has 0 atom stereocenters. The van der Waals surface area contributed by atoms with Gasteiger partial charge in [-0.15, -0.1) is 0 Å². The van der Waals surface area contributed by atoms with Gasteiger partial charge in [0.2, 0.25) is 0 Å². The van der Waals surface area contributed by atoms with Gasteiger partial charge in [0.1, 0.15) is 20.2 Å². The van der Waals surface area contributed by atoms with Gasteiger partial charge < -0.3 is 9.11 Å². The van der Waals surface area contributed by atoms with Crippen LogP contribution in [0.4, 0.5) is 0 Å². The molecule has 0 saturated carbocycles. The van der Waals surface area contributed by atoms with Crippen LogP contribution in [0.1, 0.15) is 127 Å². The Kier molecular flexibility index (Phi) is 19.4. The van der Waals surface area contributed by atoms with E-state index in [9.17, 15) is 25.9 Å². The predicted octanol–water partition coefficient (Wildman–Crippen LogP) is 10.0. The molecule has 0 heterocycles. The Morgan fingerprint density at radius 2 is 0.673 bits per heavy atom. The van der Waals surface area contributed by atoms with Crippen molar-refractivity contribution in [1.29, 1.82) is 0 Å². The number of benzene rings is 4. The van der Waals surface area contributed by atoms with E-state index in [1.807, 2.05) is 12.1 Å². The van der Waals surface area contributed by atoms with Crippen molar-refractivity contribution < 1.29 is 25.9 Å². The van der Waals surface area contributed by atoms with Gasteiger partial charge in [-0.25, -0.2) is 16.8 Å². The number of hydrogen-bond acceptors (Lipinski definition) is 6. The van der Waals surface area contributed by atoms with Gasteiger partial charge in [0.05, 0.1) is 9.79 Å². The maximum atomic E-state index is 11.4.